The summed E-state index contributed by atoms with van der Waals surface area (Å²) in [5.41, 5.74) is 0. The summed E-state index contributed by atoms with van der Waals surface area (Å²) in [4.78, 5) is 11.2. The number of carbonyl (C=O) groups excluding carboxylic acids is 1. The van der Waals surface area contributed by atoms with Gasteiger partial charge >= 0.3 is 0 Å². The molecule has 0 aliphatic carbocycles. The predicted octanol–water partition coefficient (Wildman–Crippen LogP) is -0.679. The largest absolute Gasteiger partial charge is 0.351 e. The molecule has 0 radical (unpaired) electrons. The Labute approximate surface area is 96.3 Å². The van der Waals surface area contributed by atoms with Gasteiger partial charge in [-0.15, -0.1) is 12.4 Å². The van der Waals surface area contributed by atoms with E-state index in [-0.39, 0.29) is 42.4 Å². The second-order valence-electron chi connectivity index (χ2n) is 3.45. The Morgan fingerprint density at radius 1 is 1.47 bits per heavy atom. The number of likely N-dealkylation sites (N-methyl/N-ethyl adjacent to an activating group) is 1. The number of hydrogen-bond acceptors (Lipinski definition) is 4. The number of rotatable bonds is 4. The van der Waals surface area contributed by atoms with Gasteiger partial charge in [0.05, 0.1) is 18.1 Å². The summed E-state index contributed by atoms with van der Waals surface area (Å²) in [6, 6.07) is -0.189. The van der Waals surface area contributed by atoms with Crippen molar-refractivity contribution in [3.05, 3.63) is 0 Å². The Balaban J connectivity index is 0.00000196. The lowest BCUT2D eigenvalue weighted by atomic mass is 10.2. The molecule has 1 amide bonds. The minimum atomic E-state index is -2.90. The first-order chi connectivity index (χ1) is 6.53. The van der Waals surface area contributed by atoms with E-state index in [2.05, 4.69) is 10.6 Å². The van der Waals surface area contributed by atoms with E-state index in [1.807, 2.05) is 6.92 Å². The molecule has 0 spiro atoms. The lowest BCUT2D eigenvalue weighted by Crippen LogP contribution is -2.40. The van der Waals surface area contributed by atoms with Gasteiger partial charge in [0.15, 0.2) is 9.84 Å². The van der Waals surface area contributed by atoms with E-state index in [0.29, 0.717) is 6.42 Å². The van der Waals surface area contributed by atoms with Crippen molar-refractivity contribution in [3.63, 3.8) is 0 Å². The minimum Gasteiger partial charge on any atom is -0.351 e. The lowest BCUT2D eigenvalue weighted by Gasteiger charge is -2.10. The van der Waals surface area contributed by atoms with Gasteiger partial charge in [-0.1, -0.05) is 6.92 Å². The van der Waals surface area contributed by atoms with E-state index in [1.54, 1.807) is 0 Å². The third-order valence-corrected chi connectivity index (χ3v) is 3.90. The molecule has 0 aromatic carbocycles. The van der Waals surface area contributed by atoms with Gasteiger partial charge in [0.25, 0.3) is 0 Å². The molecule has 1 rings (SSSR count). The Hall–Kier alpha value is -0.330. The molecule has 1 aliphatic heterocycles. The first kappa shape index (κ1) is 14.7. The molecule has 1 fully saturated rings. The summed E-state index contributed by atoms with van der Waals surface area (Å²) in [6.45, 7) is 2.90. The highest BCUT2D eigenvalue weighted by molar-refractivity contribution is 7.91. The molecule has 2 N–H and O–H groups in total. The van der Waals surface area contributed by atoms with E-state index in [4.69, 9.17) is 0 Å². The van der Waals surface area contributed by atoms with Crippen molar-refractivity contribution in [1.82, 2.24) is 10.6 Å². The van der Waals surface area contributed by atoms with Crippen LogP contribution in [0.4, 0.5) is 0 Å². The van der Waals surface area contributed by atoms with E-state index in [9.17, 15) is 13.2 Å². The number of nitrogens with one attached hydrogen (secondary N) is 2. The zero-order valence-electron chi connectivity index (χ0n) is 8.65. The van der Waals surface area contributed by atoms with Gasteiger partial charge in [0, 0.05) is 6.04 Å². The van der Waals surface area contributed by atoms with Crippen molar-refractivity contribution in [3.8, 4) is 0 Å². The van der Waals surface area contributed by atoms with Crippen molar-refractivity contribution >= 4 is 28.2 Å². The van der Waals surface area contributed by atoms with E-state index in [0.717, 1.165) is 6.54 Å². The van der Waals surface area contributed by atoms with Crippen LogP contribution in [0.2, 0.25) is 0 Å². The summed E-state index contributed by atoms with van der Waals surface area (Å²) in [5.74, 6) is 0.151. The van der Waals surface area contributed by atoms with Crippen LogP contribution in [0.3, 0.4) is 0 Å². The van der Waals surface area contributed by atoms with Crippen LogP contribution < -0.4 is 10.6 Å². The zero-order chi connectivity index (χ0) is 10.6. The van der Waals surface area contributed by atoms with E-state index < -0.39 is 9.84 Å². The van der Waals surface area contributed by atoms with Crippen LogP contribution in [0, 0.1) is 0 Å². The van der Waals surface area contributed by atoms with Crippen molar-refractivity contribution in [2.75, 3.05) is 24.6 Å². The van der Waals surface area contributed by atoms with Gasteiger partial charge < -0.3 is 10.6 Å². The Morgan fingerprint density at radius 2 is 2.13 bits per heavy atom. The molecule has 1 unspecified atom stereocenters. The molecule has 15 heavy (non-hydrogen) atoms. The third kappa shape index (κ3) is 5.34. The van der Waals surface area contributed by atoms with Crippen LogP contribution in [0.5, 0.6) is 0 Å². The van der Waals surface area contributed by atoms with Crippen molar-refractivity contribution in [1.29, 1.82) is 0 Å². The Kier molecular flexibility index (Phi) is 6.16. The SMILES string of the molecule is CCNCC(=O)NC1CCS(=O)(=O)C1.Cl. The summed E-state index contributed by atoms with van der Waals surface area (Å²) in [6.07, 6.45) is 0.542. The molecule has 7 heteroatoms. The van der Waals surface area contributed by atoms with Crippen LogP contribution in [0.15, 0.2) is 0 Å². The van der Waals surface area contributed by atoms with Gasteiger partial charge in [0.2, 0.25) is 5.91 Å². The van der Waals surface area contributed by atoms with Crippen LogP contribution in [0.25, 0.3) is 0 Å². The molecule has 1 atom stereocenters. The average molecular weight is 257 g/mol. The maximum absolute atomic E-state index is 11.2. The van der Waals surface area contributed by atoms with Gasteiger partial charge in [0.1, 0.15) is 0 Å². The maximum atomic E-state index is 11.2. The molecule has 0 aromatic heterocycles. The Morgan fingerprint density at radius 3 is 2.60 bits per heavy atom. The van der Waals surface area contributed by atoms with Crippen LogP contribution >= 0.6 is 12.4 Å². The molecule has 1 saturated heterocycles. The number of hydrogen-bond donors (Lipinski definition) is 2. The fourth-order valence-electron chi connectivity index (χ4n) is 1.43. The molecule has 90 valence electrons. The smallest absolute Gasteiger partial charge is 0.234 e. The fraction of sp³-hybridized carbons (Fsp3) is 0.875. The summed E-state index contributed by atoms with van der Waals surface area (Å²) in [5, 5.41) is 5.57. The quantitative estimate of drug-likeness (QED) is 0.699. The van der Waals surface area contributed by atoms with Gasteiger partial charge in [-0.05, 0) is 13.0 Å². The lowest BCUT2D eigenvalue weighted by molar-refractivity contribution is -0.120. The number of carbonyl (C=O) groups is 1. The Bertz CT molecular complexity index is 305. The number of halogens is 1. The number of amides is 1. The molecular weight excluding hydrogens is 240 g/mol. The second kappa shape index (κ2) is 6.30. The number of sulfone groups is 1. The summed E-state index contributed by atoms with van der Waals surface area (Å²) in [7, 11) is -2.90. The standard InChI is InChI=1S/C8H16N2O3S.ClH/c1-2-9-5-8(11)10-7-3-4-14(12,13)6-7;/h7,9H,2-6H2,1H3,(H,10,11);1H. The zero-order valence-corrected chi connectivity index (χ0v) is 10.3. The highest BCUT2D eigenvalue weighted by atomic mass is 35.5. The second-order valence-corrected chi connectivity index (χ2v) is 5.68. The van der Waals surface area contributed by atoms with Gasteiger partial charge in [-0.2, -0.15) is 0 Å². The van der Waals surface area contributed by atoms with Crippen LogP contribution in [-0.2, 0) is 14.6 Å². The average Bonchev–Trinajstić information content (AvgIpc) is 2.42. The molecule has 0 aromatic rings. The van der Waals surface area contributed by atoms with Gasteiger partial charge in [-0.3, -0.25) is 4.79 Å². The summed E-state index contributed by atoms with van der Waals surface area (Å²) >= 11 is 0. The minimum absolute atomic E-state index is 0. The third-order valence-electron chi connectivity index (χ3n) is 2.13. The van der Waals surface area contributed by atoms with Crippen LogP contribution in [-0.4, -0.2) is 45.0 Å². The summed E-state index contributed by atoms with van der Waals surface area (Å²) < 4.78 is 22.1. The topological polar surface area (TPSA) is 75.3 Å². The normalized spacial score (nSPS) is 23.1. The highest BCUT2D eigenvalue weighted by Gasteiger charge is 2.28. The van der Waals surface area contributed by atoms with E-state index >= 15 is 0 Å². The van der Waals surface area contributed by atoms with Crippen molar-refractivity contribution in [2.45, 2.75) is 19.4 Å². The van der Waals surface area contributed by atoms with Crippen molar-refractivity contribution < 1.29 is 13.2 Å². The first-order valence-electron chi connectivity index (χ1n) is 4.74. The molecule has 0 saturated carbocycles. The van der Waals surface area contributed by atoms with Crippen molar-refractivity contribution in [2.24, 2.45) is 0 Å². The fourth-order valence-corrected chi connectivity index (χ4v) is 3.10. The maximum Gasteiger partial charge on any atom is 0.234 e. The first-order valence-corrected chi connectivity index (χ1v) is 6.56. The molecule has 1 aliphatic rings. The molecule has 1 heterocycles. The molecule has 0 bridgehead atoms. The highest BCUT2D eigenvalue weighted by Crippen LogP contribution is 2.10. The van der Waals surface area contributed by atoms with E-state index in [1.165, 1.54) is 0 Å². The monoisotopic (exact) mass is 256 g/mol. The van der Waals surface area contributed by atoms with Gasteiger partial charge in [-0.25, -0.2) is 8.42 Å². The van der Waals surface area contributed by atoms with Crippen LogP contribution in [0.1, 0.15) is 13.3 Å². The molecular formula is C8H17ClN2O3S. The molecule has 5 nitrogen and oxygen atoms in total. The predicted molar refractivity (Wildman–Crippen MR) is 61.0 cm³/mol.